The lowest BCUT2D eigenvalue weighted by Gasteiger charge is -2.33. The molecular weight excluding hydrogens is 274 g/mol. The lowest BCUT2D eigenvalue weighted by molar-refractivity contribution is 0.0628. The van der Waals surface area contributed by atoms with Gasteiger partial charge in [-0.2, -0.15) is 4.31 Å². The van der Waals surface area contributed by atoms with Gasteiger partial charge in [0.15, 0.2) is 0 Å². The van der Waals surface area contributed by atoms with Crippen LogP contribution in [0.4, 0.5) is 0 Å². The average Bonchev–Trinajstić information content (AvgIpc) is 2.33. The SMILES string of the molecule is CC1CN(S(=O)(=O)c2ccccc2Cl)CCC1O. The topological polar surface area (TPSA) is 57.6 Å². The molecule has 0 bridgehead atoms. The predicted octanol–water partition coefficient (Wildman–Crippen LogP) is 1.73. The minimum absolute atomic E-state index is 0.0592. The van der Waals surface area contributed by atoms with Crippen molar-refractivity contribution in [2.24, 2.45) is 5.92 Å². The molecule has 18 heavy (non-hydrogen) atoms. The molecule has 1 N–H and O–H groups in total. The molecule has 1 aromatic rings. The first-order valence-corrected chi connectivity index (χ1v) is 7.67. The van der Waals surface area contributed by atoms with E-state index in [1.54, 1.807) is 18.2 Å². The predicted molar refractivity (Wildman–Crippen MR) is 70.0 cm³/mol. The molecule has 2 atom stereocenters. The highest BCUT2D eigenvalue weighted by Gasteiger charge is 2.33. The molecule has 1 heterocycles. The van der Waals surface area contributed by atoms with Crippen LogP contribution in [0.1, 0.15) is 13.3 Å². The van der Waals surface area contributed by atoms with Crippen LogP contribution in [0.25, 0.3) is 0 Å². The van der Waals surface area contributed by atoms with Gasteiger partial charge in [0.05, 0.1) is 11.1 Å². The summed E-state index contributed by atoms with van der Waals surface area (Å²) < 4.78 is 26.2. The van der Waals surface area contributed by atoms with Gasteiger partial charge in [0.25, 0.3) is 0 Å². The van der Waals surface area contributed by atoms with Crippen molar-refractivity contribution in [3.63, 3.8) is 0 Å². The highest BCUT2D eigenvalue weighted by Crippen LogP contribution is 2.27. The number of sulfonamides is 1. The van der Waals surface area contributed by atoms with E-state index in [1.165, 1.54) is 10.4 Å². The molecule has 6 heteroatoms. The average molecular weight is 290 g/mol. The van der Waals surface area contributed by atoms with Crippen molar-refractivity contribution in [3.05, 3.63) is 29.3 Å². The molecule has 1 aromatic carbocycles. The van der Waals surface area contributed by atoms with Crippen LogP contribution >= 0.6 is 11.6 Å². The summed E-state index contributed by atoms with van der Waals surface area (Å²) in [7, 11) is -3.56. The van der Waals surface area contributed by atoms with Crippen molar-refractivity contribution in [2.75, 3.05) is 13.1 Å². The number of rotatable bonds is 2. The second-order valence-corrected chi connectivity index (χ2v) is 6.94. The van der Waals surface area contributed by atoms with Crippen LogP contribution in [0.15, 0.2) is 29.2 Å². The Morgan fingerprint density at radius 2 is 2.06 bits per heavy atom. The van der Waals surface area contributed by atoms with Crippen molar-refractivity contribution in [1.29, 1.82) is 0 Å². The zero-order valence-electron chi connectivity index (χ0n) is 10.1. The fraction of sp³-hybridized carbons (Fsp3) is 0.500. The molecule has 1 saturated heterocycles. The monoisotopic (exact) mass is 289 g/mol. The number of aliphatic hydroxyl groups is 1. The van der Waals surface area contributed by atoms with E-state index in [4.69, 9.17) is 11.6 Å². The van der Waals surface area contributed by atoms with Gasteiger partial charge in [-0.05, 0) is 24.5 Å². The summed E-state index contributed by atoms with van der Waals surface area (Å²) >= 11 is 5.94. The fourth-order valence-electron chi connectivity index (χ4n) is 2.11. The Morgan fingerprint density at radius 1 is 1.39 bits per heavy atom. The molecule has 2 unspecified atom stereocenters. The molecule has 0 saturated carbocycles. The van der Waals surface area contributed by atoms with Crippen LogP contribution < -0.4 is 0 Å². The first-order chi connectivity index (χ1) is 8.43. The molecule has 1 fully saturated rings. The largest absolute Gasteiger partial charge is 0.393 e. The highest BCUT2D eigenvalue weighted by atomic mass is 35.5. The molecule has 0 radical (unpaired) electrons. The van der Waals surface area contributed by atoms with Crippen LogP contribution in [-0.2, 0) is 10.0 Å². The normalized spacial score (nSPS) is 26.2. The lowest BCUT2D eigenvalue weighted by atomic mass is 9.99. The Labute approximate surface area is 112 Å². The van der Waals surface area contributed by atoms with Crippen LogP contribution in [0.2, 0.25) is 5.02 Å². The fourth-order valence-corrected chi connectivity index (χ4v) is 4.15. The minimum Gasteiger partial charge on any atom is -0.393 e. The summed E-state index contributed by atoms with van der Waals surface area (Å²) in [5.41, 5.74) is 0. The zero-order chi connectivity index (χ0) is 13.3. The number of piperidine rings is 1. The molecular formula is C12H16ClNO3S. The van der Waals surface area contributed by atoms with E-state index >= 15 is 0 Å². The summed E-state index contributed by atoms with van der Waals surface area (Å²) in [5.74, 6) is -0.0592. The number of aliphatic hydroxyl groups excluding tert-OH is 1. The van der Waals surface area contributed by atoms with Crippen molar-refractivity contribution >= 4 is 21.6 Å². The van der Waals surface area contributed by atoms with Gasteiger partial charge in [-0.3, -0.25) is 0 Å². The Bertz CT molecular complexity index is 532. The van der Waals surface area contributed by atoms with E-state index < -0.39 is 16.1 Å². The first kappa shape index (κ1) is 13.8. The molecule has 100 valence electrons. The third-order valence-electron chi connectivity index (χ3n) is 3.28. The second-order valence-electron chi connectivity index (χ2n) is 4.63. The maximum absolute atomic E-state index is 12.4. The third kappa shape index (κ3) is 2.54. The van der Waals surface area contributed by atoms with Gasteiger partial charge in [-0.25, -0.2) is 8.42 Å². The summed E-state index contributed by atoms with van der Waals surface area (Å²) in [6.07, 6.45) is 0.0351. The van der Waals surface area contributed by atoms with E-state index in [1.807, 2.05) is 6.92 Å². The van der Waals surface area contributed by atoms with Gasteiger partial charge in [-0.1, -0.05) is 30.7 Å². The number of benzene rings is 1. The van der Waals surface area contributed by atoms with E-state index in [9.17, 15) is 13.5 Å². The third-order valence-corrected chi connectivity index (χ3v) is 5.64. The van der Waals surface area contributed by atoms with Crippen molar-refractivity contribution in [1.82, 2.24) is 4.31 Å². The summed E-state index contributed by atoms with van der Waals surface area (Å²) in [6, 6.07) is 6.43. The van der Waals surface area contributed by atoms with Crippen LogP contribution in [-0.4, -0.2) is 37.0 Å². The van der Waals surface area contributed by atoms with Crippen LogP contribution in [0.3, 0.4) is 0 Å². The Kier molecular flexibility index (Phi) is 3.96. The number of halogens is 1. The van der Waals surface area contributed by atoms with Crippen molar-refractivity contribution in [2.45, 2.75) is 24.3 Å². The molecule has 0 aromatic heterocycles. The summed E-state index contributed by atoms with van der Waals surface area (Å²) in [4.78, 5) is 0.134. The summed E-state index contributed by atoms with van der Waals surface area (Å²) in [6.45, 7) is 2.51. The standard InChI is InChI=1S/C12H16ClNO3S/c1-9-8-14(7-6-11(9)15)18(16,17)12-5-3-2-4-10(12)13/h2-5,9,11,15H,6-8H2,1H3. The minimum atomic E-state index is -3.56. The van der Waals surface area contributed by atoms with Crippen molar-refractivity contribution in [3.8, 4) is 0 Å². The molecule has 2 rings (SSSR count). The molecule has 0 amide bonds. The zero-order valence-corrected chi connectivity index (χ0v) is 11.7. The van der Waals surface area contributed by atoms with E-state index in [0.717, 1.165) is 0 Å². The number of hydrogen-bond donors (Lipinski definition) is 1. The van der Waals surface area contributed by atoms with Gasteiger partial charge in [-0.15, -0.1) is 0 Å². The smallest absolute Gasteiger partial charge is 0.244 e. The van der Waals surface area contributed by atoms with E-state index in [2.05, 4.69) is 0 Å². The van der Waals surface area contributed by atoms with Crippen molar-refractivity contribution < 1.29 is 13.5 Å². The molecule has 0 aliphatic carbocycles. The summed E-state index contributed by atoms with van der Waals surface area (Å²) in [5, 5.41) is 9.87. The van der Waals surface area contributed by atoms with E-state index in [-0.39, 0.29) is 15.8 Å². The van der Waals surface area contributed by atoms with Gasteiger partial charge in [0.2, 0.25) is 10.0 Å². The molecule has 1 aliphatic rings. The maximum Gasteiger partial charge on any atom is 0.244 e. The maximum atomic E-state index is 12.4. The number of nitrogens with zero attached hydrogens (tertiary/aromatic N) is 1. The number of hydrogen-bond acceptors (Lipinski definition) is 3. The van der Waals surface area contributed by atoms with Crippen LogP contribution in [0, 0.1) is 5.92 Å². The Morgan fingerprint density at radius 3 is 2.67 bits per heavy atom. The highest BCUT2D eigenvalue weighted by molar-refractivity contribution is 7.89. The quantitative estimate of drug-likeness (QED) is 0.902. The van der Waals surface area contributed by atoms with Gasteiger partial charge >= 0.3 is 0 Å². The van der Waals surface area contributed by atoms with Crippen LogP contribution in [0.5, 0.6) is 0 Å². The molecule has 4 nitrogen and oxygen atoms in total. The van der Waals surface area contributed by atoms with Gasteiger partial charge < -0.3 is 5.11 Å². The Hall–Kier alpha value is -0.620. The lowest BCUT2D eigenvalue weighted by Crippen LogP contribution is -2.44. The molecule has 0 spiro atoms. The van der Waals surface area contributed by atoms with Gasteiger partial charge in [0.1, 0.15) is 4.90 Å². The van der Waals surface area contributed by atoms with E-state index in [0.29, 0.717) is 19.5 Å². The molecule has 1 aliphatic heterocycles. The second kappa shape index (κ2) is 5.17. The first-order valence-electron chi connectivity index (χ1n) is 5.85. The van der Waals surface area contributed by atoms with Gasteiger partial charge in [0, 0.05) is 13.1 Å². The Balaban J connectivity index is 2.30.